The molecule has 0 aliphatic rings. The monoisotopic (exact) mass is 449 g/mol. The first-order chi connectivity index (χ1) is 13.3. The Morgan fingerprint density at radius 1 is 1.14 bits per heavy atom. The number of halogens is 4. The van der Waals surface area contributed by atoms with Crippen molar-refractivity contribution in [1.29, 1.82) is 0 Å². The number of anilines is 1. The van der Waals surface area contributed by atoms with Gasteiger partial charge in [-0.05, 0) is 51.1 Å². The number of hydrogen-bond acceptors (Lipinski definition) is 4. The van der Waals surface area contributed by atoms with Crippen LogP contribution in [-0.2, 0) is 25.7 Å². The summed E-state index contributed by atoms with van der Waals surface area (Å²) in [6.45, 7) is 4.04. The SMILES string of the molecule is Cc1ccc(S(=O)(=O)N(CC(=O)OC(C)C)c2cc(C(F)(F)F)ccc2Cl)cc1. The van der Waals surface area contributed by atoms with Crippen LogP contribution in [0.4, 0.5) is 18.9 Å². The highest BCUT2D eigenvalue weighted by atomic mass is 35.5. The zero-order chi connectivity index (χ0) is 22.0. The fourth-order valence-electron chi connectivity index (χ4n) is 2.43. The lowest BCUT2D eigenvalue weighted by Gasteiger charge is -2.26. The van der Waals surface area contributed by atoms with Crippen molar-refractivity contribution in [1.82, 2.24) is 0 Å². The standard InChI is InChI=1S/C19H19ClF3NO4S/c1-12(2)28-18(25)11-24(29(26,27)15-7-4-13(3)5-8-15)17-10-14(19(21,22)23)6-9-16(17)20/h4-10,12H,11H2,1-3H3. The number of carbonyl (C=O) groups excluding carboxylic acids is 1. The first-order valence-electron chi connectivity index (χ1n) is 8.48. The lowest BCUT2D eigenvalue weighted by atomic mass is 10.2. The molecular weight excluding hydrogens is 431 g/mol. The molecule has 0 fully saturated rings. The molecule has 0 aliphatic heterocycles. The summed E-state index contributed by atoms with van der Waals surface area (Å²) in [5, 5.41) is -0.258. The maximum Gasteiger partial charge on any atom is 0.416 e. The minimum atomic E-state index is -4.73. The summed E-state index contributed by atoms with van der Waals surface area (Å²) in [5.41, 5.74) is -0.784. The van der Waals surface area contributed by atoms with Gasteiger partial charge < -0.3 is 4.74 Å². The first kappa shape index (κ1) is 23.0. The maximum atomic E-state index is 13.2. The zero-order valence-corrected chi connectivity index (χ0v) is 17.4. The Kier molecular flexibility index (Phi) is 6.85. The van der Waals surface area contributed by atoms with E-state index in [9.17, 15) is 26.4 Å². The van der Waals surface area contributed by atoms with Gasteiger partial charge in [0, 0.05) is 0 Å². The number of rotatable bonds is 6. The van der Waals surface area contributed by atoms with Crippen LogP contribution < -0.4 is 4.31 Å². The minimum absolute atomic E-state index is 0.200. The molecule has 10 heteroatoms. The van der Waals surface area contributed by atoms with Crippen LogP contribution in [0.2, 0.25) is 5.02 Å². The molecule has 29 heavy (non-hydrogen) atoms. The van der Waals surface area contributed by atoms with E-state index in [-0.39, 0.29) is 9.92 Å². The van der Waals surface area contributed by atoms with Crippen molar-refractivity contribution in [2.75, 3.05) is 10.8 Å². The molecule has 0 radical (unpaired) electrons. The second-order valence-electron chi connectivity index (χ2n) is 6.53. The molecule has 2 aromatic carbocycles. The molecule has 0 atom stereocenters. The van der Waals surface area contributed by atoms with Crippen LogP contribution in [0.3, 0.4) is 0 Å². The Morgan fingerprint density at radius 3 is 2.24 bits per heavy atom. The van der Waals surface area contributed by atoms with Gasteiger partial charge in [-0.25, -0.2) is 8.42 Å². The number of nitrogens with zero attached hydrogens (tertiary/aromatic N) is 1. The predicted octanol–water partition coefficient (Wildman–Crippen LogP) is 4.81. The van der Waals surface area contributed by atoms with Crippen molar-refractivity contribution in [2.45, 2.75) is 37.9 Å². The number of sulfonamides is 1. The van der Waals surface area contributed by atoms with Gasteiger partial charge in [-0.1, -0.05) is 29.3 Å². The van der Waals surface area contributed by atoms with Gasteiger partial charge in [0.25, 0.3) is 10.0 Å². The van der Waals surface area contributed by atoms with Gasteiger partial charge in [-0.2, -0.15) is 13.2 Å². The molecule has 0 saturated heterocycles. The molecular formula is C19H19ClF3NO4S. The number of alkyl halides is 3. The van der Waals surface area contributed by atoms with Crippen molar-refractivity contribution in [3.63, 3.8) is 0 Å². The van der Waals surface area contributed by atoms with Crippen molar-refractivity contribution in [3.8, 4) is 0 Å². The van der Waals surface area contributed by atoms with Gasteiger partial charge in [0.2, 0.25) is 0 Å². The molecule has 0 saturated carbocycles. The Morgan fingerprint density at radius 2 is 1.72 bits per heavy atom. The number of carbonyl (C=O) groups is 1. The molecule has 0 spiro atoms. The third-order valence-corrected chi connectivity index (χ3v) is 5.88. The fourth-order valence-corrected chi connectivity index (χ4v) is 4.12. The first-order valence-corrected chi connectivity index (χ1v) is 10.3. The predicted molar refractivity (Wildman–Crippen MR) is 103 cm³/mol. The third-order valence-electron chi connectivity index (χ3n) is 3.79. The van der Waals surface area contributed by atoms with E-state index >= 15 is 0 Å². The number of hydrogen-bond donors (Lipinski definition) is 0. The Bertz CT molecular complexity index is 990. The van der Waals surface area contributed by atoms with Crippen LogP contribution in [-0.4, -0.2) is 27.0 Å². The van der Waals surface area contributed by atoms with Crippen molar-refractivity contribution in [3.05, 3.63) is 58.6 Å². The molecule has 0 heterocycles. The highest BCUT2D eigenvalue weighted by molar-refractivity contribution is 7.92. The van der Waals surface area contributed by atoms with Gasteiger partial charge in [0.05, 0.1) is 27.3 Å². The van der Waals surface area contributed by atoms with Crippen molar-refractivity contribution in [2.24, 2.45) is 0 Å². The number of aryl methyl sites for hydroxylation is 1. The second-order valence-corrected chi connectivity index (χ2v) is 8.80. The normalized spacial score (nSPS) is 12.1. The summed E-state index contributed by atoms with van der Waals surface area (Å²) in [7, 11) is -4.41. The van der Waals surface area contributed by atoms with E-state index in [2.05, 4.69) is 0 Å². The van der Waals surface area contributed by atoms with Crippen LogP contribution in [0.25, 0.3) is 0 Å². The third kappa shape index (κ3) is 5.63. The van der Waals surface area contributed by atoms with Gasteiger partial charge >= 0.3 is 12.1 Å². The Labute approximate surface area is 172 Å². The summed E-state index contributed by atoms with van der Waals surface area (Å²) in [6, 6.07) is 7.92. The summed E-state index contributed by atoms with van der Waals surface area (Å²) in [4.78, 5) is 12.0. The van der Waals surface area contributed by atoms with E-state index in [4.69, 9.17) is 16.3 Å². The molecule has 2 aromatic rings. The van der Waals surface area contributed by atoms with Crippen LogP contribution in [0.5, 0.6) is 0 Å². The maximum absolute atomic E-state index is 13.2. The van der Waals surface area contributed by atoms with E-state index < -0.39 is 46.1 Å². The van der Waals surface area contributed by atoms with Gasteiger partial charge in [0.1, 0.15) is 6.54 Å². The van der Waals surface area contributed by atoms with Gasteiger partial charge in [-0.15, -0.1) is 0 Å². The van der Waals surface area contributed by atoms with Crippen molar-refractivity contribution < 1.29 is 31.1 Å². The molecule has 0 N–H and O–H groups in total. The molecule has 0 amide bonds. The Balaban J connectivity index is 2.62. The van der Waals surface area contributed by atoms with E-state index in [0.29, 0.717) is 10.4 Å². The van der Waals surface area contributed by atoms with E-state index in [1.807, 2.05) is 0 Å². The number of esters is 1. The fraction of sp³-hybridized carbons (Fsp3) is 0.316. The van der Waals surface area contributed by atoms with E-state index in [1.165, 1.54) is 24.3 Å². The quantitative estimate of drug-likeness (QED) is 0.593. The zero-order valence-electron chi connectivity index (χ0n) is 15.8. The van der Waals surface area contributed by atoms with E-state index in [1.54, 1.807) is 20.8 Å². The molecule has 0 aliphatic carbocycles. The summed E-state index contributed by atoms with van der Waals surface area (Å²) < 4.78 is 71.3. The summed E-state index contributed by atoms with van der Waals surface area (Å²) in [5.74, 6) is -0.927. The van der Waals surface area contributed by atoms with Gasteiger partial charge in [0.15, 0.2) is 0 Å². The molecule has 158 valence electrons. The van der Waals surface area contributed by atoms with Gasteiger partial charge in [-0.3, -0.25) is 9.10 Å². The second kappa shape index (κ2) is 8.62. The minimum Gasteiger partial charge on any atom is -0.462 e. The number of ether oxygens (including phenoxy) is 1. The molecule has 0 bridgehead atoms. The lowest BCUT2D eigenvalue weighted by Crippen LogP contribution is -2.37. The summed E-state index contributed by atoms with van der Waals surface area (Å²) >= 11 is 6.02. The molecule has 5 nitrogen and oxygen atoms in total. The molecule has 2 rings (SSSR count). The topological polar surface area (TPSA) is 63.7 Å². The van der Waals surface area contributed by atoms with Crippen LogP contribution in [0.1, 0.15) is 25.0 Å². The molecule has 0 unspecified atom stereocenters. The smallest absolute Gasteiger partial charge is 0.416 e. The van der Waals surface area contributed by atoms with Crippen molar-refractivity contribution >= 4 is 33.3 Å². The Hall–Kier alpha value is -2.26. The average Bonchev–Trinajstić information content (AvgIpc) is 2.59. The van der Waals surface area contributed by atoms with E-state index in [0.717, 1.165) is 17.7 Å². The van der Waals surface area contributed by atoms with Crippen LogP contribution >= 0.6 is 11.6 Å². The van der Waals surface area contributed by atoms with Crippen LogP contribution in [0, 0.1) is 6.92 Å². The highest BCUT2D eigenvalue weighted by Crippen LogP contribution is 2.37. The largest absolute Gasteiger partial charge is 0.462 e. The average molecular weight is 450 g/mol. The lowest BCUT2D eigenvalue weighted by molar-refractivity contribution is -0.145. The highest BCUT2D eigenvalue weighted by Gasteiger charge is 2.34. The number of benzene rings is 2. The molecule has 0 aromatic heterocycles. The summed E-state index contributed by atoms with van der Waals surface area (Å²) in [6.07, 6.45) is -5.26. The van der Waals surface area contributed by atoms with Crippen LogP contribution in [0.15, 0.2) is 47.4 Å².